The quantitative estimate of drug-likeness (QED) is 0.778. The minimum atomic E-state index is -0.201. The number of nitrogens with one attached hydrogen (secondary N) is 2. The van der Waals surface area contributed by atoms with Crippen LogP contribution in [0.1, 0.15) is 35.7 Å². The van der Waals surface area contributed by atoms with Crippen molar-refractivity contribution >= 4 is 5.91 Å². The van der Waals surface area contributed by atoms with E-state index in [9.17, 15) is 9.90 Å². The highest BCUT2D eigenvalue weighted by Gasteiger charge is 2.27. The van der Waals surface area contributed by atoms with Crippen LogP contribution in [0.5, 0.6) is 5.75 Å². The summed E-state index contributed by atoms with van der Waals surface area (Å²) in [4.78, 5) is 12.1. The third-order valence-corrected chi connectivity index (χ3v) is 3.76. The molecule has 19 heavy (non-hydrogen) atoms. The van der Waals surface area contributed by atoms with Crippen LogP contribution in [0.25, 0.3) is 0 Å². The highest BCUT2D eigenvalue weighted by Crippen LogP contribution is 2.25. The van der Waals surface area contributed by atoms with E-state index in [1.807, 2.05) is 6.92 Å². The molecule has 1 unspecified atom stereocenters. The molecule has 1 heterocycles. The van der Waals surface area contributed by atoms with Gasteiger partial charge in [0.2, 0.25) is 0 Å². The van der Waals surface area contributed by atoms with Gasteiger partial charge in [0, 0.05) is 13.1 Å². The van der Waals surface area contributed by atoms with Crippen LogP contribution in [0, 0.1) is 12.3 Å². The van der Waals surface area contributed by atoms with E-state index < -0.39 is 0 Å². The summed E-state index contributed by atoms with van der Waals surface area (Å²) in [6.07, 6.45) is 2.25. The van der Waals surface area contributed by atoms with Gasteiger partial charge in [-0.3, -0.25) is 4.79 Å². The van der Waals surface area contributed by atoms with Crippen LogP contribution in [0.4, 0.5) is 0 Å². The number of carbonyl (C=O) groups excluding carboxylic acids is 1. The van der Waals surface area contributed by atoms with E-state index in [0.29, 0.717) is 12.1 Å². The molecule has 1 amide bonds. The summed E-state index contributed by atoms with van der Waals surface area (Å²) < 4.78 is 0. The molecule has 0 aliphatic carbocycles. The second-order valence-electron chi connectivity index (χ2n) is 5.79. The Kier molecular flexibility index (Phi) is 4.10. The highest BCUT2D eigenvalue weighted by molar-refractivity contribution is 5.97. The van der Waals surface area contributed by atoms with Crippen molar-refractivity contribution < 1.29 is 9.90 Å². The number of piperidine rings is 1. The fraction of sp³-hybridized carbons (Fsp3) is 0.533. The summed E-state index contributed by atoms with van der Waals surface area (Å²) >= 11 is 0. The van der Waals surface area contributed by atoms with Gasteiger partial charge in [-0.2, -0.15) is 0 Å². The minimum Gasteiger partial charge on any atom is -0.507 e. The highest BCUT2D eigenvalue weighted by atomic mass is 16.3. The summed E-state index contributed by atoms with van der Waals surface area (Å²) in [5.41, 5.74) is 1.42. The number of carbonyl (C=O) groups is 1. The summed E-state index contributed by atoms with van der Waals surface area (Å²) in [6.45, 7) is 6.69. The van der Waals surface area contributed by atoms with Gasteiger partial charge in [-0.15, -0.1) is 0 Å². The van der Waals surface area contributed by atoms with Crippen LogP contribution in [-0.4, -0.2) is 30.6 Å². The lowest BCUT2D eigenvalue weighted by Gasteiger charge is -2.34. The molecule has 3 N–H and O–H groups in total. The first kappa shape index (κ1) is 13.9. The lowest BCUT2D eigenvalue weighted by atomic mass is 9.83. The molecular weight excluding hydrogens is 240 g/mol. The van der Waals surface area contributed by atoms with Gasteiger partial charge < -0.3 is 15.7 Å². The van der Waals surface area contributed by atoms with E-state index in [-0.39, 0.29) is 17.1 Å². The third kappa shape index (κ3) is 3.47. The first-order valence-corrected chi connectivity index (χ1v) is 6.79. The first-order chi connectivity index (χ1) is 9.00. The van der Waals surface area contributed by atoms with Gasteiger partial charge in [0.15, 0.2) is 0 Å². The molecule has 4 heteroatoms. The topological polar surface area (TPSA) is 61.4 Å². The maximum Gasteiger partial charge on any atom is 0.255 e. The van der Waals surface area contributed by atoms with Crippen molar-refractivity contribution in [1.82, 2.24) is 10.6 Å². The van der Waals surface area contributed by atoms with E-state index in [1.165, 1.54) is 0 Å². The number of phenols is 1. The van der Waals surface area contributed by atoms with Gasteiger partial charge in [0.1, 0.15) is 5.75 Å². The smallest absolute Gasteiger partial charge is 0.255 e. The van der Waals surface area contributed by atoms with E-state index >= 15 is 0 Å². The first-order valence-electron chi connectivity index (χ1n) is 6.79. The van der Waals surface area contributed by atoms with Crippen LogP contribution in [0.15, 0.2) is 18.2 Å². The van der Waals surface area contributed by atoms with E-state index in [2.05, 4.69) is 17.6 Å². The van der Waals surface area contributed by atoms with Crippen molar-refractivity contribution in [1.29, 1.82) is 0 Å². The molecule has 1 atom stereocenters. The molecule has 1 aliphatic heterocycles. The second-order valence-corrected chi connectivity index (χ2v) is 5.79. The van der Waals surface area contributed by atoms with Crippen LogP contribution in [-0.2, 0) is 0 Å². The molecular formula is C15H22N2O2. The zero-order valence-electron chi connectivity index (χ0n) is 11.6. The number of benzene rings is 1. The third-order valence-electron chi connectivity index (χ3n) is 3.76. The van der Waals surface area contributed by atoms with Crippen molar-refractivity contribution in [3.8, 4) is 5.75 Å². The van der Waals surface area contributed by atoms with Crippen molar-refractivity contribution in [2.75, 3.05) is 19.6 Å². The predicted molar refractivity (Wildman–Crippen MR) is 75.4 cm³/mol. The lowest BCUT2D eigenvalue weighted by Crippen LogP contribution is -2.45. The maximum absolute atomic E-state index is 12.1. The molecule has 0 spiro atoms. The summed E-state index contributed by atoms with van der Waals surface area (Å²) in [5, 5.41) is 16.0. The second kappa shape index (κ2) is 5.61. The largest absolute Gasteiger partial charge is 0.507 e. The number of aromatic hydroxyl groups is 1. The molecule has 1 aliphatic rings. The maximum atomic E-state index is 12.1. The van der Waals surface area contributed by atoms with Crippen LogP contribution in [0.3, 0.4) is 0 Å². The van der Waals surface area contributed by atoms with Gasteiger partial charge >= 0.3 is 0 Å². The van der Waals surface area contributed by atoms with Gasteiger partial charge in [-0.25, -0.2) is 0 Å². The molecule has 104 valence electrons. The number of rotatable bonds is 3. The Balaban J connectivity index is 1.99. The Morgan fingerprint density at radius 1 is 1.53 bits per heavy atom. The van der Waals surface area contributed by atoms with Crippen molar-refractivity contribution in [3.05, 3.63) is 29.3 Å². The summed E-state index contributed by atoms with van der Waals surface area (Å²) in [6, 6.07) is 5.07. The van der Waals surface area contributed by atoms with Crippen LogP contribution < -0.4 is 10.6 Å². The van der Waals surface area contributed by atoms with E-state index in [4.69, 9.17) is 0 Å². The number of aryl methyl sites for hydroxylation is 1. The SMILES string of the molecule is Cc1ccc(O)c(C(=O)NCC2(C)CCCNC2)c1. The van der Waals surface area contributed by atoms with Gasteiger partial charge in [-0.05, 0) is 43.9 Å². The molecule has 0 aromatic heterocycles. The average molecular weight is 262 g/mol. The Hall–Kier alpha value is -1.55. The predicted octanol–water partition coefficient (Wildman–Crippen LogP) is 1.82. The molecule has 1 fully saturated rings. The number of phenolic OH excluding ortho intramolecular Hbond substituents is 1. The molecule has 1 saturated heterocycles. The monoisotopic (exact) mass is 262 g/mol. The Bertz CT molecular complexity index is 465. The Morgan fingerprint density at radius 3 is 3.00 bits per heavy atom. The zero-order valence-corrected chi connectivity index (χ0v) is 11.6. The molecule has 4 nitrogen and oxygen atoms in total. The van der Waals surface area contributed by atoms with Gasteiger partial charge in [0.05, 0.1) is 5.56 Å². The standard InChI is InChI=1S/C15H22N2O2/c1-11-4-5-13(18)12(8-11)14(19)17-10-15(2)6-3-7-16-9-15/h4-5,8,16,18H,3,6-7,9-10H2,1-2H3,(H,17,19). The molecule has 1 aromatic rings. The van der Waals surface area contributed by atoms with Crippen LogP contribution >= 0.6 is 0 Å². The van der Waals surface area contributed by atoms with Gasteiger partial charge in [0.25, 0.3) is 5.91 Å². The fourth-order valence-corrected chi connectivity index (χ4v) is 2.49. The molecule has 2 rings (SSSR count). The number of hydrogen-bond acceptors (Lipinski definition) is 3. The van der Waals surface area contributed by atoms with Crippen LogP contribution in [0.2, 0.25) is 0 Å². The van der Waals surface area contributed by atoms with E-state index in [0.717, 1.165) is 31.5 Å². The summed E-state index contributed by atoms with van der Waals surface area (Å²) in [7, 11) is 0. The normalized spacial score (nSPS) is 23.1. The van der Waals surface area contributed by atoms with Gasteiger partial charge in [-0.1, -0.05) is 18.6 Å². The Morgan fingerprint density at radius 2 is 2.32 bits per heavy atom. The molecule has 0 bridgehead atoms. The number of amides is 1. The fourth-order valence-electron chi connectivity index (χ4n) is 2.49. The van der Waals surface area contributed by atoms with Crippen molar-refractivity contribution in [2.45, 2.75) is 26.7 Å². The summed E-state index contributed by atoms with van der Waals surface area (Å²) in [5.74, 6) is -0.164. The number of hydrogen-bond donors (Lipinski definition) is 3. The molecule has 0 saturated carbocycles. The lowest BCUT2D eigenvalue weighted by molar-refractivity contribution is 0.0922. The Labute approximate surface area is 114 Å². The minimum absolute atomic E-state index is 0.0371. The average Bonchev–Trinajstić information content (AvgIpc) is 2.40. The molecule has 0 radical (unpaired) electrons. The van der Waals surface area contributed by atoms with Crippen molar-refractivity contribution in [3.63, 3.8) is 0 Å². The van der Waals surface area contributed by atoms with E-state index in [1.54, 1.807) is 18.2 Å². The zero-order chi connectivity index (χ0) is 13.9. The van der Waals surface area contributed by atoms with Crippen molar-refractivity contribution in [2.24, 2.45) is 5.41 Å². The molecule has 1 aromatic carbocycles.